The lowest BCUT2D eigenvalue weighted by Gasteiger charge is -2.04. The molecular formula is C14H15ClOS. The minimum Gasteiger partial charge on any atom is -0.494 e. The van der Waals surface area contributed by atoms with Crippen LogP contribution in [0, 0.1) is 0 Å². The van der Waals surface area contributed by atoms with E-state index in [2.05, 4.69) is 24.3 Å². The Morgan fingerprint density at radius 3 is 2.35 bits per heavy atom. The maximum Gasteiger partial charge on any atom is 0.119 e. The summed E-state index contributed by atoms with van der Waals surface area (Å²) in [6, 6.07) is 12.5. The molecule has 0 N–H and O–H groups in total. The minimum atomic E-state index is 0.605. The first kappa shape index (κ1) is 12.5. The summed E-state index contributed by atoms with van der Waals surface area (Å²) >= 11 is 7.57. The SMILES string of the molecule is CCOc1ccc(Cc2ccc(CCl)s2)cc1. The van der Waals surface area contributed by atoms with E-state index < -0.39 is 0 Å². The Kier molecular flexibility index (Phi) is 4.46. The number of benzene rings is 1. The van der Waals surface area contributed by atoms with Crippen LogP contribution in [0.1, 0.15) is 22.2 Å². The molecule has 0 aliphatic carbocycles. The molecule has 1 nitrogen and oxygen atoms in total. The van der Waals surface area contributed by atoms with Gasteiger partial charge in [0.25, 0.3) is 0 Å². The standard InChI is InChI=1S/C14H15ClOS/c1-2-16-12-5-3-11(4-6-12)9-13-7-8-14(10-15)17-13/h3-8H,2,9-10H2,1H3. The molecule has 0 unspecified atom stereocenters. The van der Waals surface area contributed by atoms with Gasteiger partial charge in [-0.1, -0.05) is 12.1 Å². The molecule has 0 bridgehead atoms. The topological polar surface area (TPSA) is 9.23 Å². The molecule has 0 amide bonds. The van der Waals surface area contributed by atoms with Gasteiger partial charge in [-0.2, -0.15) is 0 Å². The summed E-state index contributed by atoms with van der Waals surface area (Å²) in [5.41, 5.74) is 1.30. The zero-order chi connectivity index (χ0) is 12.1. The van der Waals surface area contributed by atoms with Gasteiger partial charge < -0.3 is 4.74 Å². The van der Waals surface area contributed by atoms with Gasteiger partial charge in [0.05, 0.1) is 12.5 Å². The van der Waals surface area contributed by atoms with E-state index in [4.69, 9.17) is 16.3 Å². The van der Waals surface area contributed by atoms with E-state index >= 15 is 0 Å². The lowest BCUT2D eigenvalue weighted by Crippen LogP contribution is -1.91. The van der Waals surface area contributed by atoms with Crippen LogP contribution in [0.15, 0.2) is 36.4 Å². The van der Waals surface area contributed by atoms with Crippen molar-refractivity contribution in [2.75, 3.05) is 6.61 Å². The fourth-order valence-electron chi connectivity index (χ4n) is 1.66. The van der Waals surface area contributed by atoms with Crippen LogP contribution in [-0.2, 0) is 12.3 Å². The maximum absolute atomic E-state index is 5.79. The highest BCUT2D eigenvalue weighted by atomic mass is 35.5. The smallest absolute Gasteiger partial charge is 0.119 e. The van der Waals surface area contributed by atoms with Crippen molar-refractivity contribution in [1.82, 2.24) is 0 Å². The number of hydrogen-bond acceptors (Lipinski definition) is 2. The Hall–Kier alpha value is -0.990. The molecule has 3 heteroatoms. The van der Waals surface area contributed by atoms with E-state index in [1.807, 2.05) is 19.1 Å². The summed E-state index contributed by atoms with van der Waals surface area (Å²) in [6.07, 6.45) is 0.966. The van der Waals surface area contributed by atoms with E-state index in [0.29, 0.717) is 12.5 Å². The summed E-state index contributed by atoms with van der Waals surface area (Å²) in [6.45, 7) is 2.70. The monoisotopic (exact) mass is 266 g/mol. The molecule has 0 radical (unpaired) electrons. The van der Waals surface area contributed by atoms with E-state index in [1.165, 1.54) is 15.3 Å². The molecule has 0 spiro atoms. The average molecular weight is 267 g/mol. The molecule has 1 heterocycles. The molecule has 0 aliphatic heterocycles. The van der Waals surface area contributed by atoms with Crippen LogP contribution in [0.3, 0.4) is 0 Å². The predicted octanol–water partition coefficient (Wildman–Crippen LogP) is 4.48. The summed E-state index contributed by atoms with van der Waals surface area (Å²) in [7, 11) is 0. The van der Waals surface area contributed by atoms with Gasteiger partial charge in [0.15, 0.2) is 0 Å². The molecule has 0 aliphatic rings. The molecule has 17 heavy (non-hydrogen) atoms. The van der Waals surface area contributed by atoms with Crippen molar-refractivity contribution in [3.05, 3.63) is 51.7 Å². The Bertz CT molecular complexity index is 461. The van der Waals surface area contributed by atoms with Crippen LogP contribution < -0.4 is 4.74 Å². The zero-order valence-corrected chi connectivity index (χ0v) is 11.4. The van der Waals surface area contributed by atoms with E-state index in [1.54, 1.807) is 11.3 Å². The molecule has 0 saturated carbocycles. The van der Waals surface area contributed by atoms with Crippen LogP contribution in [-0.4, -0.2) is 6.61 Å². The summed E-state index contributed by atoms with van der Waals surface area (Å²) < 4.78 is 5.42. The Morgan fingerprint density at radius 1 is 1.06 bits per heavy atom. The first-order chi connectivity index (χ1) is 8.31. The van der Waals surface area contributed by atoms with Crippen molar-refractivity contribution in [2.24, 2.45) is 0 Å². The Balaban J connectivity index is 2.03. The van der Waals surface area contributed by atoms with Crippen LogP contribution in [0.25, 0.3) is 0 Å². The second-order valence-corrected chi connectivity index (χ2v) is 5.28. The molecule has 1 aromatic carbocycles. The van der Waals surface area contributed by atoms with Crippen LogP contribution in [0.4, 0.5) is 0 Å². The second-order valence-electron chi connectivity index (χ2n) is 3.76. The number of halogens is 1. The quantitative estimate of drug-likeness (QED) is 0.725. The summed E-state index contributed by atoms with van der Waals surface area (Å²) in [4.78, 5) is 2.58. The summed E-state index contributed by atoms with van der Waals surface area (Å²) in [5.74, 6) is 1.54. The highest BCUT2D eigenvalue weighted by Gasteiger charge is 2.01. The molecule has 2 aromatic rings. The molecule has 2 rings (SSSR count). The molecule has 0 saturated heterocycles. The van der Waals surface area contributed by atoms with Crippen LogP contribution in [0.2, 0.25) is 0 Å². The Morgan fingerprint density at radius 2 is 1.76 bits per heavy atom. The number of alkyl halides is 1. The normalized spacial score (nSPS) is 10.5. The fourth-order valence-corrected chi connectivity index (χ4v) is 2.82. The minimum absolute atomic E-state index is 0.605. The molecule has 0 atom stereocenters. The third kappa shape index (κ3) is 3.48. The van der Waals surface area contributed by atoms with Gasteiger partial charge >= 0.3 is 0 Å². The Labute approximate surface area is 111 Å². The molecule has 1 aromatic heterocycles. The zero-order valence-electron chi connectivity index (χ0n) is 9.78. The predicted molar refractivity (Wildman–Crippen MR) is 74.3 cm³/mol. The van der Waals surface area contributed by atoms with Crippen LogP contribution in [0.5, 0.6) is 5.75 Å². The van der Waals surface area contributed by atoms with Crippen molar-refractivity contribution in [1.29, 1.82) is 0 Å². The first-order valence-electron chi connectivity index (χ1n) is 5.67. The van der Waals surface area contributed by atoms with E-state index in [-0.39, 0.29) is 0 Å². The highest BCUT2D eigenvalue weighted by Crippen LogP contribution is 2.22. The van der Waals surface area contributed by atoms with Crippen LogP contribution >= 0.6 is 22.9 Å². The van der Waals surface area contributed by atoms with Gasteiger partial charge in [0.1, 0.15) is 5.75 Å². The van der Waals surface area contributed by atoms with Crippen molar-refractivity contribution >= 4 is 22.9 Å². The van der Waals surface area contributed by atoms with Gasteiger partial charge in [-0.15, -0.1) is 22.9 Å². The van der Waals surface area contributed by atoms with Crippen molar-refractivity contribution in [3.8, 4) is 5.75 Å². The number of thiophene rings is 1. The van der Waals surface area contributed by atoms with Gasteiger partial charge in [-0.25, -0.2) is 0 Å². The maximum atomic E-state index is 5.79. The molecule has 90 valence electrons. The summed E-state index contributed by atoms with van der Waals surface area (Å²) in [5, 5.41) is 0. The average Bonchev–Trinajstić information content (AvgIpc) is 2.80. The lowest BCUT2D eigenvalue weighted by molar-refractivity contribution is 0.340. The highest BCUT2D eigenvalue weighted by molar-refractivity contribution is 7.12. The lowest BCUT2D eigenvalue weighted by atomic mass is 10.1. The third-order valence-corrected chi connectivity index (χ3v) is 3.99. The number of hydrogen-bond donors (Lipinski definition) is 0. The second kappa shape index (κ2) is 6.08. The number of ether oxygens (including phenoxy) is 1. The van der Waals surface area contributed by atoms with Gasteiger partial charge in [0.2, 0.25) is 0 Å². The van der Waals surface area contributed by atoms with Crippen molar-refractivity contribution in [2.45, 2.75) is 19.2 Å². The largest absolute Gasteiger partial charge is 0.494 e. The first-order valence-corrected chi connectivity index (χ1v) is 7.02. The van der Waals surface area contributed by atoms with Crippen molar-refractivity contribution < 1.29 is 4.74 Å². The van der Waals surface area contributed by atoms with Gasteiger partial charge in [-0.05, 0) is 36.8 Å². The van der Waals surface area contributed by atoms with Gasteiger partial charge in [-0.3, -0.25) is 0 Å². The molecule has 0 fully saturated rings. The molecular weight excluding hydrogens is 252 g/mol. The third-order valence-electron chi connectivity index (χ3n) is 2.46. The van der Waals surface area contributed by atoms with Gasteiger partial charge in [0, 0.05) is 16.2 Å². The van der Waals surface area contributed by atoms with E-state index in [0.717, 1.165) is 12.2 Å². The van der Waals surface area contributed by atoms with Crippen molar-refractivity contribution in [3.63, 3.8) is 0 Å². The fraction of sp³-hybridized carbons (Fsp3) is 0.286. The van der Waals surface area contributed by atoms with E-state index in [9.17, 15) is 0 Å². The number of rotatable bonds is 5.